The van der Waals surface area contributed by atoms with Gasteiger partial charge in [-0.05, 0) is 30.9 Å². The lowest BCUT2D eigenvalue weighted by Gasteiger charge is -2.17. The molecule has 0 spiro atoms. The molecule has 2 aromatic rings. The number of aliphatic hydroxyl groups excluding tert-OH is 1. The van der Waals surface area contributed by atoms with E-state index in [0.717, 1.165) is 29.6 Å². The second-order valence-corrected chi connectivity index (χ2v) is 4.79. The van der Waals surface area contributed by atoms with Gasteiger partial charge in [0.1, 0.15) is 5.65 Å². The maximum absolute atomic E-state index is 9.52. The standard InChI is InChI=1S/C13H17N3O/c1-15(8-10-5-6-10)13-11(9-17)16-7-3-2-4-12(16)14-13/h2-4,7,10,17H,5-6,8-9H2,1H3. The van der Waals surface area contributed by atoms with E-state index in [4.69, 9.17) is 0 Å². The minimum atomic E-state index is 0.0233. The summed E-state index contributed by atoms with van der Waals surface area (Å²) in [4.78, 5) is 6.76. The first-order valence-electron chi connectivity index (χ1n) is 6.07. The van der Waals surface area contributed by atoms with Gasteiger partial charge in [0.15, 0.2) is 5.82 Å². The van der Waals surface area contributed by atoms with E-state index in [0.29, 0.717) is 0 Å². The third-order valence-corrected chi connectivity index (χ3v) is 3.35. The molecule has 0 radical (unpaired) electrons. The predicted molar refractivity (Wildman–Crippen MR) is 67.1 cm³/mol. The van der Waals surface area contributed by atoms with Gasteiger partial charge in [-0.25, -0.2) is 4.98 Å². The molecule has 0 amide bonds. The zero-order valence-corrected chi connectivity index (χ0v) is 10.0. The number of aliphatic hydroxyl groups is 1. The van der Waals surface area contributed by atoms with Crippen LogP contribution >= 0.6 is 0 Å². The summed E-state index contributed by atoms with van der Waals surface area (Å²) >= 11 is 0. The molecule has 0 unspecified atom stereocenters. The van der Waals surface area contributed by atoms with Crippen LogP contribution < -0.4 is 4.90 Å². The zero-order chi connectivity index (χ0) is 11.8. The highest BCUT2D eigenvalue weighted by atomic mass is 16.3. The fraction of sp³-hybridized carbons (Fsp3) is 0.462. The topological polar surface area (TPSA) is 40.8 Å². The molecule has 1 fully saturated rings. The Labute approximate surface area is 101 Å². The monoisotopic (exact) mass is 231 g/mol. The second kappa shape index (κ2) is 4.04. The van der Waals surface area contributed by atoms with Crippen LogP contribution in [-0.2, 0) is 6.61 Å². The van der Waals surface area contributed by atoms with Gasteiger partial charge in [-0.1, -0.05) is 6.07 Å². The van der Waals surface area contributed by atoms with E-state index in [1.54, 1.807) is 0 Å². The lowest BCUT2D eigenvalue weighted by atomic mass is 10.3. The normalized spacial score (nSPS) is 15.4. The average Bonchev–Trinajstić information content (AvgIpc) is 3.07. The fourth-order valence-electron chi connectivity index (χ4n) is 2.26. The van der Waals surface area contributed by atoms with E-state index < -0.39 is 0 Å². The van der Waals surface area contributed by atoms with Crippen LogP contribution in [0.5, 0.6) is 0 Å². The van der Waals surface area contributed by atoms with Gasteiger partial charge in [-0.15, -0.1) is 0 Å². The molecule has 1 N–H and O–H groups in total. The molecular weight excluding hydrogens is 214 g/mol. The van der Waals surface area contributed by atoms with E-state index in [2.05, 4.69) is 16.9 Å². The second-order valence-electron chi connectivity index (χ2n) is 4.79. The molecule has 0 bridgehead atoms. The number of aromatic nitrogens is 2. The molecule has 1 aliphatic rings. The summed E-state index contributed by atoms with van der Waals surface area (Å²) in [5, 5.41) is 9.52. The summed E-state index contributed by atoms with van der Waals surface area (Å²) in [6.07, 6.45) is 4.60. The van der Waals surface area contributed by atoms with E-state index >= 15 is 0 Å². The smallest absolute Gasteiger partial charge is 0.153 e. The molecular formula is C13H17N3O. The molecule has 4 nitrogen and oxygen atoms in total. The van der Waals surface area contributed by atoms with Crippen molar-refractivity contribution in [2.45, 2.75) is 19.4 Å². The van der Waals surface area contributed by atoms with Gasteiger partial charge in [0.05, 0.1) is 12.3 Å². The van der Waals surface area contributed by atoms with Gasteiger partial charge in [0, 0.05) is 19.8 Å². The average molecular weight is 231 g/mol. The number of imidazole rings is 1. The third-order valence-electron chi connectivity index (χ3n) is 3.35. The lowest BCUT2D eigenvalue weighted by Crippen LogP contribution is -2.21. The molecule has 0 atom stereocenters. The van der Waals surface area contributed by atoms with E-state index in [1.165, 1.54) is 12.8 Å². The summed E-state index contributed by atoms with van der Waals surface area (Å²) in [6, 6.07) is 5.89. The minimum Gasteiger partial charge on any atom is -0.390 e. The van der Waals surface area contributed by atoms with Crippen molar-refractivity contribution in [2.24, 2.45) is 5.92 Å². The Morgan fingerprint density at radius 1 is 1.47 bits per heavy atom. The number of anilines is 1. The van der Waals surface area contributed by atoms with Gasteiger partial charge in [-0.3, -0.25) is 4.40 Å². The van der Waals surface area contributed by atoms with Gasteiger partial charge < -0.3 is 10.0 Å². The van der Waals surface area contributed by atoms with Crippen LogP contribution in [0.1, 0.15) is 18.5 Å². The van der Waals surface area contributed by atoms with Crippen LogP contribution in [0, 0.1) is 5.92 Å². The van der Waals surface area contributed by atoms with Crippen LogP contribution in [-0.4, -0.2) is 28.1 Å². The van der Waals surface area contributed by atoms with Crippen molar-refractivity contribution in [1.82, 2.24) is 9.38 Å². The Kier molecular flexibility index (Phi) is 2.52. The first kappa shape index (κ1) is 10.6. The van der Waals surface area contributed by atoms with Crippen LogP contribution in [0.25, 0.3) is 5.65 Å². The quantitative estimate of drug-likeness (QED) is 0.870. The summed E-state index contributed by atoms with van der Waals surface area (Å²) in [5.41, 5.74) is 1.78. The van der Waals surface area contributed by atoms with Crippen LogP contribution in [0.3, 0.4) is 0 Å². The Morgan fingerprint density at radius 3 is 3.00 bits per heavy atom. The molecule has 1 saturated carbocycles. The van der Waals surface area contributed by atoms with E-state index in [1.807, 2.05) is 28.8 Å². The Morgan fingerprint density at radius 2 is 2.29 bits per heavy atom. The first-order chi connectivity index (χ1) is 8.29. The summed E-state index contributed by atoms with van der Waals surface area (Å²) in [5.74, 6) is 1.72. The highest BCUT2D eigenvalue weighted by Gasteiger charge is 2.25. The SMILES string of the molecule is CN(CC1CC1)c1nc2ccccn2c1CO. The highest BCUT2D eigenvalue weighted by molar-refractivity contribution is 5.55. The van der Waals surface area contributed by atoms with Crippen molar-refractivity contribution in [2.75, 3.05) is 18.5 Å². The molecule has 17 heavy (non-hydrogen) atoms. The largest absolute Gasteiger partial charge is 0.390 e. The van der Waals surface area contributed by atoms with Crippen LogP contribution in [0.4, 0.5) is 5.82 Å². The first-order valence-corrected chi connectivity index (χ1v) is 6.07. The van der Waals surface area contributed by atoms with Gasteiger partial charge in [0.25, 0.3) is 0 Å². The number of hydrogen-bond acceptors (Lipinski definition) is 3. The fourth-order valence-corrected chi connectivity index (χ4v) is 2.26. The maximum atomic E-state index is 9.52. The number of fused-ring (bicyclic) bond motifs is 1. The lowest BCUT2D eigenvalue weighted by molar-refractivity contribution is 0.276. The van der Waals surface area contributed by atoms with Gasteiger partial charge in [-0.2, -0.15) is 0 Å². The molecule has 2 aromatic heterocycles. The van der Waals surface area contributed by atoms with Crippen molar-refractivity contribution in [3.8, 4) is 0 Å². The van der Waals surface area contributed by atoms with Crippen LogP contribution in [0.15, 0.2) is 24.4 Å². The molecule has 1 aliphatic carbocycles. The minimum absolute atomic E-state index is 0.0233. The number of pyridine rings is 1. The maximum Gasteiger partial charge on any atom is 0.153 e. The van der Waals surface area contributed by atoms with Crippen LogP contribution in [0.2, 0.25) is 0 Å². The Bertz CT molecular complexity index is 530. The predicted octanol–water partition coefficient (Wildman–Crippen LogP) is 1.67. The number of rotatable bonds is 4. The Balaban J connectivity index is 2.01. The van der Waals surface area contributed by atoms with Crippen molar-refractivity contribution >= 4 is 11.5 Å². The number of nitrogens with zero attached hydrogens (tertiary/aromatic N) is 3. The Hall–Kier alpha value is -1.55. The van der Waals surface area contributed by atoms with Crippen molar-refractivity contribution < 1.29 is 5.11 Å². The molecule has 90 valence electrons. The third kappa shape index (κ3) is 1.89. The van der Waals surface area contributed by atoms with E-state index in [9.17, 15) is 5.11 Å². The number of hydrogen-bond donors (Lipinski definition) is 1. The van der Waals surface area contributed by atoms with Gasteiger partial charge in [0.2, 0.25) is 0 Å². The highest BCUT2D eigenvalue weighted by Crippen LogP contribution is 2.31. The molecule has 4 heteroatoms. The summed E-state index contributed by atoms with van der Waals surface area (Å²) in [7, 11) is 2.05. The van der Waals surface area contributed by atoms with Crippen molar-refractivity contribution in [3.63, 3.8) is 0 Å². The molecule has 2 heterocycles. The molecule has 0 saturated heterocycles. The van der Waals surface area contributed by atoms with Gasteiger partial charge >= 0.3 is 0 Å². The summed E-state index contributed by atoms with van der Waals surface area (Å²) in [6.45, 7) is 1.06. The molecule has 0 aromatic carbocycles. The zero-order valence-electron chi connectivity index (χ0n) is 10.0. The molecule has 0 aliphatic heterocycles. The summed E-state index contributed by atoms with van der Waals surface area (Å²) < 4.78 is 1.96. The molecule has 3 rings (SSSR count). The van der Waals surface area contributed by atoms with Crippen molar-refractivity contribution in [1.29, 1.82) is 0 Å². The van der Waals surface area contributed by atoms with Crippen molar-refractivity contribution in [3.05, 3.63) is 30.1 Å². The van der Waals surface area contributed by atoms with E-state index in [-0.39, 0.29) is 6.61 Å².